The number of carbonyl (C=O) groups is 2. The van der Waals surface area contributed by atoms with Crippen molar-refractivity contribution < 1.29 is 23.1 Å². The molecule has 2 heterocycles. The van der Waals surface area contributed by atoms with Crippen LogP contribution in [0.5, 0.6) is 0 Å². The number of carbonyl (C=O) groups excluding carboxylic acids is 2. The molecule has 2 aliphatic heterocycles. The Morgan fingerprint density at radius 3 is 2.38 bits per heavy atom. The summed E-state index contributed by atoms with van der Waals surface area (Å²) in [6.07, 6.45) is 2.23. The van der Waals surface area contributed by atoms with Gasteiger partial charge in [-0.3, -0.25) is 4.79 Å². The van der Waals surface area contributed by atoms with Crippen molar-refractivity contribution in [2.75, 3.05) is 19.7 Å². The van der Waals surface area contributed by atoms with E-state index in [0.29, 0.717) is 50.9 Å². The third kappa shape index (κ3) is 2.93. The summed E-state index contributed by atoms with van der Waals surface area (Å²) in [7, 11) is 0. The highest BCUT2D eigenvalue weighted by atomic mass is 19.1. The van der Waals surface area contributed by atoms with Gasteiger partial charge >= 0.3 is 6.09 Å². The second-order valence-electron chi connectivity index (χ2n) is 7.80. The van der Waals surface area contributed by atoms with Crippen LogP contribution in [0.25, 0.3) is 0 Å². The predicted octanol–water partition coefficient (Wildman–Crippen LogP) is 2.87. The number of likely N-dealkylation sites (tertiary alicyclic amines) is 1. The summed E-state index contributed by atoms with van der Waals surface area (Å²) in [5.41, 5.74) is 0.363. The number of amides is 2. The highest BCUT2D eigenvalue weighted by Crippen LogP contribution is 2.42. The fourth-order valence-electron chi connectivity index (χ4n) is 4.36. The molecule has 0 atom stereocenters. The zero-order valence-electron chi connectivity index (χ0n) is 14.7. The zero-order valence-corrected chi connectivity index (χ0v) is 14.7. The fourth-order valence-corrected chi connectivity index (χ4v) is 4.36. The summed E-state index contributed by atoms with van der Waals surface area (Å²) in [4.78, 5) is 25.7. The van der Waals surface area contributed by atoms with E-state index in [1.807, 2.05) is 4.90 Å². The third-order valence-electron chi connectivity index (χ3n) is 6.05. The number of nitrogens with zero attached hydrogens (tertiary/aromatic N) is 1. The Morgan fingerprint density at radius 1 is 1.23 bits per heavy atom. The summed E-state index contributed by atoms with van der Waals surface area (Å²) >= 11 is 0. The van der Waals surface area contributed by atoms with Crippen LogP contribution in [-0.4, -0.2) is 42.1 Å². The number of benzene rings is 1. The van der Waals surface area contributed by atoms with Gasteiger partial charge in [-0.25, -0.2) is 13.6 Å². The Hall–Kier alpha value is -2.18. The maximum absolute atomic E-state index is 13.8. The van der Waals surface area contributed by atoms with Gasteiger partial charge < -0.3 is 15.0 Å². The molecular weight excluding hydrogens is 342 g/mol. The predicted molar refractivity (Wildman–Crippen MR) is 89.6 cm³/mol. The van der Waals surface area contributed by atoms with E-state index in [2.05, 4.69) is 5.32 Å². The lowest BCUT2D eigenvalue weighted by Crippen LogP contribution is -2.58. The van der Waals surface area contributed by atoms with Crippen molar-refractivity contribution in [3.8, 4) is 0 Å². The molecular formula is C19H22F2N2O3. The molecule has 3 aliphatic rings. The van der Waals surface area contributed by atoms with E-state index in [9.17, 15) is 18.4 Å². The van der Waals surface area contributed by atoms with Crippen molar-refractivity contribution in [3.63, 3.8) is 0 Å². The molecule has 1 spiro atoms. The first-order valence-electron chi connectivity index (χ1n) is 9.06. The molecule has 0 radical (unpaired) electrons. The summed E-state index contributed by atoms with van der Waals surface area (Å²) in [5.74, 6) is -0.934. The van der Waals surface area contributed by atoms with Crippen molar-refractivity contribution in [2.45, 2.75) is 44.1 Å². The van der Waals surface area contributed by atoms with Crippen molar-refractivity contribution in [2.24, 2.45) is 5.92 Å². The average molecular weight is 364 g/mol. The van der Waals surface area contributed by atoms with Gasteiger partial charge in [0.2, 0.25) is 5.91 Å². The Labute approximate surface area is 150 Å². The van der Waals surface area contributed by atoms with Gasteiger partial charge in [0, 0.05) is 24.6 Å². The number of halogens is 2. The van der Waals surface area contributed by atoms with E-state index >= 15 is 0 Å². The largest absolute Gasteiger partial charge is 0.447 e. The molecule has 2 amide bonds. The van der Waals surface area contributed by atoms with Crippen LogP contribution in [0.15, 0.2) is 12.1 Å². The molecule has 1 N–H and O–H groups in total. The second-order valence-corrected chi connectivity index (χ2v) is 7.80. The lowest BCUT2D eigenvalue weighted by molar-refractivity contribution is -0.142. The Morgan fingerprint density at radius 2 is 1.85 bits per heavy atom. The number of ether oxygens (including phenoxy) is 1. The lowest BCUT2D eigenvalue weighted by atomic mass is 9.68. The first-order chi connectivity index (χ1) is 12.4. The highest BCUT2D eigenvalue weighted by Gasteiger charge is 2.53. The fraction of sp³-hybridized carbons (Fsp3) is 0.579. The standard InChI is InChI=1S/C19H22F2N2O3/c1-11-15(20)6-13(7-16(11)21)12-2-4-23(5-3-12)17(24)14-8-19(9-14)10-26-18(25)22-19/h6-7,12,14H,2-5,8-10H2,1H3,(H,22,25). The molecule has 7 heteroatoms. The highest BCUT2D eigenvalue weighted by molar-refractivity contribution is 5.81. The van der Waals surface area contributed by atoms with Crippen LogP contribution in [0.2, 0.25) is 0 Å². The Kier molecular flexibility index (Phi) is 4.12. The topological polar surface area (TPSA) is 58.6 Å². The van der Waals surface area contributed by atoms with E-state index in [4.69, 9.17) is 4.74 Å². The minimum atomic E-state index is -0.515. The van der Waals surface area contributed by atoms with Gasteiger partial charge in [-0.1, -0.05) is 0 Å². The summed E-state index contributed by atoms with van der Waals surface area (Å²) in [6.45, 7) is 2.95. The maximum atomic E-state index is 13.8. The molecule has 1 aromatic rings. The van der Waals surface area contributed by atoms with Crippen molar-refractivity contribution in [1.82, 2.24) is 10.2 Å². The van der Waals surface area contributed by atoms with Gasteiger partial charge in [0.25, 0.3) is 0 Å². The van der Waals surface area contributed by atoms with E-state index < -0.39 is 17.7 Å². The maximum Gasteiger partial charge on any atom is 0.407 e. The average Bonchev–Trinajstić information content (AvgIpc) is 3.00. The number of cyclic esters (lactones) is 1. The summed E-state index contributed by atoms with van der Waals surface area (Å²) < 4.78 is 32.5. The second kappa shape index (κ2) is 6.21. The number of hydrogen-bond acceptors (Lipinski definition) is 3. The van der Waals surface area contributed by atoms with Crippen molar-refractivity contribution >= 4 is 12.0 Å². The van der Waals surface area contributed by atoms with Crippen molar-refractivity contribution in [3.05, 3.63) is 34.9 Å². The van der Waals surface area contributed by atoms with Gasteiger partial charge in [-0.15, -0.1) is 0 Å². The van der Waals surface area contributed by atoms with Gasteiger partial charge in [-0.2, -0.15) is 0 Å². The van der Waals surface area contributed by atoms with Gasteiger partial charge in [-0.05, 0) is 56.2 Å². The molecule has 26 heavy (non-hydrogen) atoms. The first kappa shape index (κ1) is 17.2. The quantitative estimate of drug-likeness (QED) is 0.878. The van der Waals surface area contributed by atoms with Crippen LogP contribution >= 0.6 is 0 Å². The van der Waals surface area contributed by atoms with Crippen LogP contribution in [-0.2, 0) is 9.53 Å². The minimum Gasteiger partial charge on any atom is -0.447 e. The summed E-state index contributed by atoms with van der Waals surface area (Å²) in [5, 5.41) is 2.80. The van der Waals surface area contributed by atoms with Crippen LogP contribution in [0.4, 0.5) is 13.6 Å². The molecule has 0 aromatic heterocycles. The molecule has 1 saturated carbocycles. The van der Waals surface area contributed by atoms with E-state index in [0.717, 1.165) is 0 Å². The molecule has 3 fully saturated rings. The molecule has 140 valence electrons. The monoisotopic (exact) mass is 364 g/mol. The molecule has 1 aromatic carbocycles. The van der Waals surface area contributed by atoms with Crippen LogP contribution in [0, 0.1) is 24.5 Å². The third-order valence-corrected chi connectivity index (χ3v) is 6.05. The SMILES string of the molecule is Cc1c(F)cc(C2CCN(C(=O)C3CC4(COC(=O)N4)C3)CC2)cc1F. The van der Waals surface area contributed by atoms with E-state index in [1.165, 1.54) is 19.1 Å². The number of piperidine rings is 1. The molecule has 0 bridgehead atoms. The van der Waals surface area contributed by atoms with Crippen LogP contribution < -0.4 is 5.32 Å². The zero-order chi connectivity index (χ0) is 18.5. The van der Waals surface area contributed by atoms with Crippen LogP contribution in [0.3, 0.4) is 0 Å². The molecule has 2 saturated heterocycles. The summed E-state index contributed by atoms with van der Waals surface area (Å²) in [6, 6.07) is 2.83. The van der Waals surface area contributed by atoms with E-state index in [-0.39, 0.29) is 28.8 Å². The van der Waals surface area contributed by atoms with Crippen LogP contribution in [0.1, 0.15) is 42.7 Å². The van der Waals surface area contributed by atoms with E-state index in [1.54, 1.807) is 0 Å². The number of hydrogen-bond donors (Lipinski definition) is 1. The van der Waals surface area contributed by atoms with Gasteiger partial charge in [0.1, 0.15) is 18.2 Å². The smallest absolute Gasteiger partial charge is 0.407 e. The normalized spacial score (nSPS) is 28.7. The Balaban J connectivity index is 1.33. The Bertz CT molecular complexity index is 730. The number of nitrogens with one attached hydrogen (secondary N) is 1. The van der Waals surface area contributed by atoms with Gasteiger partial charge in [0.05, 0.1) is 5.54 Å². The molecule has 1 aliphatic carbocycles. The first-order valence-corrected chi connectivity index (χ1v) is 9.06. The number of rotatable bonds is 2. The molecule has 4 rings (SSSR count). The molecule has 0 unspecified atom stereocenters. The number of alkyl carbamates (subject to hydrolysis) is 1. The molecule has 5 nitrogen and oxygen atoms in total. The lowest BCUT2D eigenvalue weighted by Gasteiger charge is -2.45. The minimum absolute atomic E-state index is 0.0447. The van der Waals surface area contributed by atoms with Crippen molar-refractivity contribution in [1.29, 1.82) is 0 Å². The van der Waals surface area contributed by atoms with Gasteiger partial charge in [0.15, 0.2) is 0 Å².